The standard InChI is InChI=1S/C25H29N3O3/c1-16-7-5-6-8-20(16)23-14-26-24(29)22-13-19(9-10-21(22)23)31-17(2)25(30)28-12-11-18(15-28)27(3)4/h5-10,13-14,17-18H,11-12,15H2,1-4H3,(H,26,29)/t17-,18-/m1/s1. The number of likely N-dealkylation sites (N-methyl/N-ethyl adjacent to an activating group) is 1. The lowest BCUT2D eigenvalue weighted by Crippen LogP contribution is -2.41. The number of pyridine rings is 1. The summed E-state index contributed by atoms with van der Waals surface area (Å²) < 4.78 is 5.96. The number of nitrogens with one attached hydrogen (secondary N) is 1. The number of H-pyrrole nitrogens is 1. The Morgan fingerprint density at radius 3 is 2.65 bits per heavy atom. The van der Waals surface area contributed by atoms with Gasteiger partial charge in [0, 0.05) is 30.9 Å². The first kappa shape index (κ1) is 21.1. The van der Waals surface area contributed by atoms with Gasteiger partial charge in [0.2, 0.25) is 0 Å². The van der Waals surface area contributed by atoms with Crippen LogP contribution in [0.2, 0.25) is 0 Å². The van der Waals surface area contributed by atoms with Crippen molar-refractivity contribution in [3.05, 3.63) is 64.6 Å². The van der Waals surface area contributed by atoms with Crippen LogP contribution in [0.1, 0.15) is 18.9 Å². The van der Waals surface area contributed by atoms with Crippen molar-refractivity contribution in [1.82, 2.24) is 14.8 Å². The minimum Gasteiger partial charge on any atom is -0.481 e. The van der Waals surface area contributed by atoms with Gasteiger partial charge in [0.25, 0.3) is 11.5 Å². The van der Waals surface area contributed by atoms with Gasteiger partial charge >= 0.3 is 0 Å². The molecular formula is C25H29N3O3. The molecule has 0 unspecified atom stereocenters. The van der Waals surface area contributed by atoms with Crippen molar-refractivity contribution in [2.75, 3.05) is 27.2 Å². The van der Waals surface area contributed by atoms with E-state index in [0.29, 0.717) is 17.2 Å². The molecular weight excluding hydrogens is 390 g/mol. The molecule has 6 heteroatoms. The van der Waals surface area contributed by atoms with Crippen LogP contribution in [0.25, 0.3) is 21.9 Å². The highest BCUT2D eigenvalue weighted by Crippen LogP contribution is 2.30. The first-order valence-electron chi connectivity index (χ1n) is 10.7. The number of hydrogen-bond acceptors (Lipinski definition) is 4. The maximum absolute atomic E-state index is 12.8. The molecule has 0 aliphatic carbocycles. The molecule has 3 aromatic rings. The van der Waals surface area contributed by atoms with Crippen molar-refractivity contribution in [3.8, 4) is 16.9 Å². The minimum absolute atomic E-state index is 0.0213. The second-order valence-corrected chi connectivity index (χ2v) is 8.50. The zero-order chi connectivity index (χ0) is 22.1. The number of carbonyl (C=O) groups excluding carboxylic acids is 1. The van der Waals surface area contributed by atoms with E-state index < -0.39 is 6.10 Å². The molecule has 6 nitrogen and oxygen atoms in total. The predicted octanol–water partition coefficient (Wildman–Crippen LogP) is 3.43. The van der Waals surface area contributed by atoms with Crippen LogP contribution in [-0.4, -0.2) is 60.0 Å². The van der Waals surface area contributed by atoms with Crippen LogP contribution >= 0.6 is 0 Å². The summed E-state index contributed by atoms with van der Waals surface area (Å²) in [6.07, 6.45) is 2.11. The normalized spacial score (nSPS) is 17.3. The molecule has 1 fully saturated rings. The number of benzene rings is 2. The summed E-state index contributed by atoms with van der Waals surface area (Å²) >= 11 is 0. The van der Waals surface area contributed by atoms with E-state index >= 15 is 0 Å². The molecule has 162 valence electrons. The van der Waals surface area contributed by atoms with E-state index in [2.05, 4.69) is 22.9 Å². The Labute approximate surface area is 182 Å². The van der Waals surface area contributed by atoms with E-state index in [4.69, 9.17) is 4.74 Å². The second kappa shape index (κ2) is 8.55. The van der Waals surface area contributed by atoms with Crippen molar-refractivity contribution in [2.45, 2.75) is 32.4 Å². The SMILES string of the molecule is Cc1ccccc1-c1c[nH]c(=O)c2cc(O[C@H](C)C(=O)N3CC[C@@H](N(C)C)C3)ccc12. The van der Waals surface area contributed by atoms with Gasteiger partial charge in [-0.3, -0.25) is 9.59 Å². The third kappa shape index (κ3) is 4.21. The van der Waals surface area contributed by atoms with Gasteiger partial charge in [0.1, 0.15) is 5.75 Å². The van der Waals surface area contributed by atoms with Crippen LogP contribution in [-0.2, 0) is 4.79 Å². The van der Waals surface area contributed by atoms with Crippen LogP contribution in [0.5, 0.6) is 5.75 Å². The topological polar surface area (TPSA) is 65.6 Å². The van der Waals surface area contributed by atoms with Crippen LogP contribution in [0.4, 0.5) is 0 Å². The molecule has 1 saturated heterocycles. The molecule has 1 amide bonds. The lowest BCUT2D eigenvalue weighted by molar-refractivity contribution is -0.137. The van der Waals surface area contributed by atoms with E-state index in [0.717, 1.165) is 41.6 Å². The monoisotopic (exact) mass is 419 g/mol. The Morgan fingerprint density at radius 2 is 1.94 bits per heavy atom. The highest BCUT2D eigenvalue weighted by Gasteiger charge is 2.30. The number of aryl methyl sites for hydroxylation is 1. The van der Waals surface area contributed by atoms with E-state index in [9.17, 15) is 9.59 Å². The fourth-order valence-corrected chi connectivity index (χ4v) is 4.29. The molecule has 2 atom stereocenters. The Balaban J connectivity index is 1.59. The molecule has 0 spiro atoms. The molecule has 2 aromatic carbocycles. The number of amides is 1. The quantitative estimate of drug-likeness (QED) is 0.688. The van der Waals surface area contributed by atoms with Crippen LogP contribution in [0.15, 0.2) is 53.5 Å². The molecule has 0 radical (unpaired) electrons. The number of rotatable bonds is 5. The zero-order valence-electron chi connectivity index (χ0n) is 18.5. The Kier molecular flexibility index (Phi) is 5.83. The molecule has 1 aliphatic rings. The zero-order valence-corrected chi connectivity index (χ0v) is 18.5. The number of carbonyl (C=O) groups is 1. The fraction of sp³-hybridized carbons (Fsp3) is 0.360. The fourth-order valence-electron chi connectivity index (χ4n) is 4.29. The summed E-state index contributed by atoms with van der Waals surface area (Å²) in [5, 5.41) is 1.41. The maximum atomic E-state index is 12.8. The highest BCUT2D eigenvalue weighted by atomic mass is 16.5. The van der Waals surface area contributed by atoms with Crippen molar-refractivity contribution in [3.63, 3.8) is 0 Å². The highest BCUT2D eigenvalue weighted by molar-refractivity contribution is 5.97. The molecule has 31 heavy (non-hydrogen) atoms. The molecule has 4 rings (SSSR count). The second-order valence-electron chi connectivity index (χ2n) is 8.50. The molecule has 1 aromatic heterocycles. The van der Waals surface area contributed by atoms with Crippen LogP contribution in [0.3, 0.4) is 0 Å². The first-order valence-corrected chi connectivity index (χ1v) is 10.7. The van der Waals surface area contributed by atoms with Gasteiger partial charge in [-0.1, -0.05) is 24.3 Å². The van der Waals surface area contributed by atoms with E-state index in [1.54, 1.807) is 19.2 Å². The minimum atomic E-state index is -0.614. The average Bonchev–Trinajstić information content (AvgIpc) is 3.25. The van der Waals surface area contributed by atoms with Gasteiger partial charge in [-0.25, -0.2) is 0 Å². The molecule has 2 heterocycles. The summed E-state index contributed by atoms with van der Waals surface area (Å²) in [7, 11) is 4.08. The summed E-state index contributed by atoms with van der Waals surface area (Å²) in [5.41, 5.74) is 3.00. The van der Waals surface area contributed by atoms with Gasteiger partial charge in [0.15, 0.2) is 6.10 Å². The number of aromatic nitrogens is 1. The summed E-state index contributed by atoms with van der Waals surface area (Å²) in [6, 6.07) is 13.9. The van der Waals surface area contributed by atoms with Crippen molar-refractivity contribution in [1.29, 1.82) is 0 Å². The Bertz CT molecular complexity index is 1170. The number of nitrogens with zero attached hydrogens (tertiary/aromatic N) is 2. The van der Waals surface area contributed by atoms with E-state index in [1.807, 2.05) is 49.3 Å². The van der Waals surface area contributed by atoms with E-state index in [1.165, 1.54) is 0 Å². The average molecular weight is 420 g/mol. The summed E-state index contributed by atoms with van der Waals surface area (Å²) in [6.45, 7) is 5.28. The lowest BCUT2D eigenvalue weighted by atomic mass is 9.97. The van der Waals surface area contributed by atoms with Crippen molar-refractivity contribution >= 4 is 16.7 Å². The van der Waals surface area contributed by atoms with Gasteiger partial charge < -0.3 is 19.5 Å². The lowest BCUT2D eigenvalue weighted by Gasteiger charge is -2.23. The number of likely N-dealkylation sites (tertiary alicyclic amines) is 1. The maximum Gasteiger partial charge on any atom is 0.263 e. The van der Waals surface area contributed by atoms with Crippen molar-refractivity contribution < 1.29 is 9.53 Å². The largest absolute Gasteiger partial charge is 0.481 e. The summed E-state index contributed by atoms with van der Waals surface area (Å²) in [4.78, 5) is 32.2. The van der Waals surface area contributed by atoms with Gasteiger partial charge in [-0.2, -0.15) is 0 Å². The third-order valence-corrected chi connectivity index (χ3v) is 6.17. The molecule has 0 saturated carbocycles. The number of hydrogen-bond donors (Lipinski definition) is 1. The van der Waals surface area contributed by atoms with Gasteiger partial charge in [0.05, 0.1) is 5.39 Å². The van der Waals surface area contributed by atoms with Gasteiger partial charge in [-0.05, 0) is 69.1 Å². The van der Waals surface area contributed by atoms with Crippen molar-refractivity contribution in [2.24, 2.45) is 0 Å². The molecule has 1 aliphatic heterocycles. The van der Waals surface area contributed by atoms with Crippen LogP contribution < -0.4 is 10.3 Å². The molecule has 0 bridgehead atoms. The number of fused-ring (bicyclic) bond motifs is 1. The third-order valence-electron chi connectivity index (χ3n) is 6.17. The number of ether oxygens (including phenoxy) is 1. The smallest absolute Gasteiger partial charge is 0.263 e. The Morgan fingerprint density at radius 1 is 1.16 bits per heavy atom. The number of aromatic amines is 1. The van der Waals surface area contributed by atoms with Crippen LogP contribution in [0, 0.1) is 6.92 Å². The molecule has 1 N–H and O–H groups in total. The predicted molar refractivity (Wildman–Crippen MR) is 124 cm³/mol. The Hall–Kier alpha value is -3.12. The van der Waals surface area contributed by atoms with Gasteiger partial charge in [-0.15, -0.1) is 0 Å². The summed E-state index contributed by atoms with van der Waals surface area (Å²) in [5.74, 6) is 0.496. The first-order chi connectivity index (χ1) is 14.8. The van der Waals surface area contributed by atoms with E-state index in [-0.39, 0.29) is 11.5 Å².